The Labute approximate surface area is 186 Å². The lowest BCUT2D eigenvalue weighted by molar-refractivity contribution is 0.340. The number of thiocarbonyl (C=S) groups is 1. The molecule has 3 aromatic rings. The molecule has 0 fully saturated rings. The normalized spacial score (nSPS) is 10.9. The number of nitrogens with one attached hydrogen (secondary N) is 3. The summed E-state index contributed by atoms with van der Waals surface area (Å²) in [4.78, 5) is 0.0460. The van der Waals surface area contributed by atoms with Crippen molar-refractivity contribution >= 4 is 44.4 Å². The lowest BCUT2D eigenvalue weighted by Crippen LogP contribution is -2.22. The summed E-state index contributed by atoms with van der Waals surface area (Å²) in [5.41, 5.74) is 2.06. The molecule has 3 rings (SSSR count). The van der Waals surface area contributed by atoms with Gasteiger partial charge in [-0.3, -0.25) is 4.72 Å². The van der Waals surface area contributed by atoms with E-state index in [1.807, 2.05) is 6.92 Å². The number of hydrogen-bond donors (Lipinski definition) is 3. The van der Waals surface area contributed by atoms with Gasteiger partial charge in [-0.05, 0) is 92.3 Å². The van der Waals surface area contributed by atoms with Crippen LogP contribution in [-0.4, -0.2) is 20.1 Å². The molecule has 31 heavy (non-hydrogen) atoms. The lowest BCUT2D eigenvalue weighted by Gasteiger charge is -2.16. The number of rotatable bonds is 7. The molecule has 6 nitrogen and oxygen atoms in total. The first-order chi connectivity index (χ1) is 14.8. The van der Waals surface area contributed by atoms with E-state index in [0.717, 1.165) is 5.56 Å². The van der Waals surface area contributed by atoms with E-state index in [9.17, 15) is 12.8 Å². The molecule has 0 amide bonds. The van der Waals surface area contributed by atoms with Gasteiger partial charge in [-0.1, -0.05) is 6.07 Å². The van der Waals surface area contributed by atoms with Crippen molar-refractivity contribution in [3.63, 3.8) is 0 Å². The summed E-state index contributed by atoms with van der Waals surface area (Å²) in [6.45, 7) is 4.20. The quantitative estimate of drug-likeness (QED) is 0.425. The summed E-state index contributed by atoms with van der Waals surface area (Å²) in [6.07, 6.45) is 0. The summed E-state index contributed by atoms with van der Waals surface area (Å²) < 4.78 is 47.2. The van der Waals surface area contributed by atoms with Gasteiger partial charge in [0.15, 0.2) is 5.11 Å². The first kappa shape index (κ1) is 22.5. The van der Waals surface area contributed by atoms with Gasteiger partial charge in [-0.15, -0.1) is 0 Å². The Balaban J connectivity index is 1.80. The molecule has 3 N–H and O–H groups in total. The predicted molar refractivity (Wildman–Crippen MR) is 126 cm³/mol. The van der Waals surface area contributed by atoms with Gasteiger partial charge >= 0.3 is 0 Å². The molecule has 0 aromatic heterocycles. The van der Waals surface area contributed by atoms with Crippen LogP contribution in [0.25, 0.3) is 0 Å². The molecule has 0 bridgehead atoms. The van der Waals surface area contributed by atoms with Crippen LogP contribution in [0.15, 0.2) is 71.6 Å². The molecule has 0 saturated heterocycles. The van der Waals surface area contributed by atoms with Crippen molar-refractivity contribution in [2.45, 2.75) is 18.7 Å². The first-order valence-corrected chi connectivity index (χ1v) is 11.4. The van der Waals surface area contributed by atoms with Gasteiger partial charge in [0.1, 0.15) is 16.5 Å². The van der Waals surface area contributed by atoms with Crippen LogP contribution in [-0.2, 0) is 10.0 Å². The molecule has 0 unspecified atom stereocenters. The SMILES string of the molecule is CCOc1ccc(NS(=O)(=O)c2cc(C)ccc2NC(=S)Nc2ccc(F)cc2)cc1. The van der Waals surface area contributed by atoms with Crippen molar-refractivity contribution in [1.82, 2.24) is 0 Å². The minimum absolute atomic E-state index is 0.0460. The van der Waals surface area contributed by atoms with Crippen LogP contribution in [0, 0.1) is 12.7 Å². The molecule has 0 aliphatic rings. The summed E-state index contributed by atoms with van der Waals surface area (Å²) in [7, 11) is -3.91. The number of hydrogen-bond acceptors (Lipinski definition) is 4. The van der Waals surface area contributed by atoms with E-state index < -0.39 is 10.0 Å². The summed E-state index contributed by atoms with van der Waals surface area (Å²) in [6, 6.07) is 17.3. The average Bonchev–Trinajstić information content (AvgIpc) is 2.72. The maximum Gasteiger partial charge on any atom is 0.263 e. The van der Waals surface area contributed by atoms with Gasteiger partial charge in [0.2, 0.25) is 0 Å². The predicted octanol–water partition coefficient (Wildman–Crippen LogP) is 5.14. The second-order valence-corrected chi connectivity index (χ2v) is 8.71. The molecular formula is C22H22FN3O3S2. The monoisotopic (exact) mass is 459 g/mol. The van der Waals surface area contributed by atoms with Crippen LogP contribution in [0.5, 0.6) is 5.75 Å². The first-order valence-electron chi connectivity index (χ1n) is 9.47. The van der Waals surface area contributed by atoms with Crippen molar-refractivity contribution in [2.24, 2.45) is 0 Å². The van der Waals surface area contributed by atoms with Crippen LogP contribution >= 0.6 is 12.2 Å². The van der Waals surface area contributed by atoms with E-state index in [0.29, 0.717) is 29.4 Å². The minimum Gasteiger partial charge on any atom is -0.494 e. The Hall–Kier alpha value is -3.17. The highest BCUT2D eigenvalue weighted by Gasteiger charge is 2.20. The zero-order valence-electron chi connectivity index (χ0n) is 17.0. The Morgan fingerprint density at radius 1 is 0.968 bits per heavy atom. The Morgan fingerprint density at radius 3 is 2.26 bits per heavy atom. The van der Waals surface area contributed by atoms with E-state index in [1.54, 1.807) is 49.4 Å². The average molecular weight is 460 g/mol. The molecule has 0 atom stereocenters. The fourth-order valence-corrected chi connectivity index (χ4v) is 4.30. The van der Waals surface area contributed by atoms with Gasteiger partial charge in [-0.2, -0.15) is 0 Å². The Kier molecular flexibility index (Phi) is 7.09. The van der Waals surface area contributed by atoms with Crippen LogP contribution in [0.3, 0.4) is 0 Å². The molecule has 0 radical (unpaired) electrons. The lowest BCUT2D eigenvalue weighted by atomic mass is 10.2. The zero-order chi connectivity index (χ0) is 22.4. The Morgan fingerprint density at radius 2 is 1.61 bits per heavy atom. The molecule has 0 aliphatic carbocycles. The van der Waals surface area contributed by atoms with Gasteiger partial charge < -0.3 is 15.4 Å². The third-order valence-electron chi connectivity index (χ3n) is 4.19. The summed E-state index contributed by atoms with van der Waals surface area (Å²) in [5.74, 6) is 0.289. The molecule has 0 spiro atoms. The fourth-order valence-electron chi connectivity index (χ4n) is 2.77. The van der Waals surface area contributed by atoms with Crippen molar-refractivity contribution in [3.8, 4) is 5.75 Å². The van der Waals surface area contributed by atoms with Crippen molar-refractivity contribution in [3.05, 3.63) is 78.1 Å². The second kappa shape index (κ2) is 9.76. The van der Waals surface area contributed by atoms with Crippen molar-refractivity contribution < 1.29 is 17.5 Å². The maximum absolute atomic E-state index is 13.1. The van der Waals surface area contributed by atoms with Crippen molar-refractivity contribution in [2.75, 3.05) is 22.0 Å². The van der Waals surface area contributed by atoms with Gasteiger partial charge in [0.25, 0.3) is 10.0 Å². The molecule has 162 valence electrons. The van der Waals surface area contributed by atoms with E-state index in [4.69, 9.17) is 17.0 Å². The zero-order valence-corrected chi connectivity index (χ0v) is 18.6. The third kappa shape index (κ3) is 6.16. The van der Waals surface area contributed by atoms with Crippen LogP contribution in [0.4, 0.5) is 21.5 Å². The number of benzene rings is 3. The van der Waals surface area contributed by atoms with E-state index in [1.165, 1.54) is 24.3 Å². The minimum atomic E-state index is -3.91. The summed E-state index contributed by atoms with van der Waals surface area (Å²) in [5, 5.41) is 5.98. The van der Waals surface area contributed by atoms with Crippen molar-refractivity contribution in [1.29, 1.82) is 0 Å². The van der Waals surface area contributed by atoms with Gasteiger partial charge in [0.05, 0.1) is 12.3 Å². The van der Waals surface area contributed by atoms with Crippen LogP contribution in [0.2, 0.25) is 0 Å². The van der Waals surface area contributed by atoms with E-state index in [2.05, 4.69) is 15.4 Å². The third-order valence-corrected chi connectivity index (χ3v) is 5.82. The number of sulfonamides is 1. The maximum atomic E-state index is 13.1. The highest BCUT2D eigenvalue weighted by Crippen LogP contribution is 2.26. The fraction of sp³-hybridized carbons (Fsp3) is 0.136. The molecule has 3 aromatic carbocycles. The Bertz CT molecular complexity index is 1170. The largest absolute Gasteiger partial charge is 0.494 e. The second-order valence-electron chi connectivity index (χ2n) is 6.65. The highest BCUT2D eigenvalue weighted by atomic mass is 32.2. The molecule has 9 heteroatoms. The van der Waals surface area contributed by atoms with Gasteiger partial charge in [-0.25, -0.2) is 12.8 Å². The van der Waals surface area contributed by atoms with Gasteiger partial charge in [0, 0.05) is 11.4 Å². The van der Waals surface area contributed by atoms with E-state index in [-0.39, 0.29) is 15.8 Å². The molecular weight excluding hydrogens is 437 g/mol. The number of aryl methyl sites for hydroxylation is 1. The smallest absolute Gasteiger partial charge is 0.263 e. The standard InChI is InChI=1S/C22H22FN3O3S2/c1-3-29-19-11-9-18(10-12-19)26-31(27,28)21-14-15(2)4-13-20(21)25-22(30)24-17-7-5-16(23)6-8-17/h4-14,26H,3H2,1-2H3,(H2,24,25,30). The molecule has 0 aliphatic heterocycles. The topological polar surface area (TPSA) is 79.5 Å². The van der Waals surface area contributed by atoms with Crippen LogP contribution in [0.1, 0.15) is 12.5 Å². The number of anilines is 3. The highest BCUT2D eigenvalue weighted by molar-refractivity contribution is 7.93. The van der Waals surface area contributed by atoms with E-state index >= 15 is 0 Å². The summed E-state index contributed by atoms with van der Waals surface area (Å²) >= 11 is 5.29. The number of ether oxygens (including phenoxy) is 1. The molecule has 0 saturated carbocycles. The molecule has 0 heterocycles. The van der Waals surface area contributed by atoms with Crippen LogP contribution < -0.4 is 20.1 Å². The number of halogens is 1.